The van der Waals surface area contributed by atoms with Crippen molar-refractivity contribution in [3.05, 3.63) is 41.0 Å². The Labute approximate surface area is 138 Å². The fourth-order valence-corrected chi connectivity index (χ4v) is 2.46. The molecule has 0 fully saturated rings. The first-order valence-electron chi connectivity index (χ1n) is 7.36. The number of amides is 1. The maximum absolute atomic E-state index is 12.4. The molecule has 2 aromatic rings. The first kappa shape index (κ1) is 17.0. The molecule has 1 aromatic carbocycles. The topological polar surface area (TPSA) is 95.1 Å². The minimum absolute atomic E-state index is 0.265. The lowest BCUT2D eigenvalue weighted by Crippen LogP contribution is -2.40. The summed E-state index contributed by atoms with van der Waals surface area (Å²) >= 11 is 6.14. The van der Waals surface area contributed by atoms with Gasteiger partial charge in [-0.2, -0.15) is 5.10 Å². The third-order valence-corrected chi connectivity index (χ3v) is 3.81. The second-order valence-corrected chi connectivity index (χ2v) is 5.55. The first-order chi connectivity index (χ1) is 11.0. The highest BCUT2D eigenvalue weighted by Gasteiger charge is 2.23. The molecular weight excluding hydrogens is 318 g/mol. The van der Waals surface area contributed by atoms with Gasteiger partial charge in [-0.15, -0.1) is 0 Å². The summed E-state index contributed by atoms with van der Waals surface area (Å²) in [6, 6.07) is 6.13. The molecule has 1 aromatic heterocycles. The summed E-state index contributed by atoms with van der Waals surface area (Å²) in [6.07, 6.45) is 3.33. The molecule has 1 amide bonds. The zero-order valence-corrected chi connectivity index (χ0v) is 13.4. The number of unbranched alkanes of at least 4 members (excludes halogenated alkanes) is 1. The summed E-state index contributed by atoms with van der Waals surface area (Å²) in [5, 5.41) is 18.9. The Morgan fingerprint density at radius 1 is 1.39 bits per heavy atom. The number of nitrogens with one attached hydrogen (secondary N) is 2. The number of aromatic amines is 1. The minimum atomic E-state index is -1.05. The molecule has 7 heteroatoms. The molecule has 0 aliphatic carbocycles. The molecule has 0 aliphatic heterocycles. The third kappa shape index (κ3) is 4.10. The predicted octanol–water partition coefficient (Wildman–Crippen LogP) is 3.10. The van der Waals surface area contributed by atoms with E-state index >= 15 is 0 Å². The second-order valence-electron chi connectivity index (χ2n) is 5.15. The van der Waals surface area contributed by atoms with Crippen LogP contribution in [0.15, 0.2) is 30.5 Å². The Bertz CT molecular complexity index is 699. The lowest BCUT2D eigenvalue weighted by Gasteiger charge is -2.14. The molecular formula is C16H18ClN3O3. The van der Waals surface area contributed by atoms with Crippen LogP contribution in [0.25, 0.3) is 11.3 Å². The van der Waals surface area contributed by atoms with Crippen LogP contribution in [-0.4, -0.2) is 33.2 Å². The van der Waals surface area contributed by atoms with Gasteiger partial charge >= 0.3 is 5.97 Å². The summed E-state index contributed by atoms with van der Waals surface area (Å²) < 4.78 is 0. The highest BCUT2D eigenvalue weighted by molar-refractivity contribution is 6.33. The fourth-order valence-electron chi connectivity index (χ4n) is 2.23. The first-order valence-corrected chi connectivity index (χ1v) is 7.74. The molecule has 0 saturated heterocycles. The Kier molecular flexibility index (Phi) is 5.76. The number of carbonyl (C=O) groups excluding carboxylic acids is 1. The van der Waals surface area contributed by atoms with Gasteiger partial charge in [0.2, 0.25) is 0 Å². The number of H-pyrrole nitrogens is 1. The molecule has 3 N–H and O–H groups in total. The van der Waals surface area contributed by atoms with Gasteiger partial charge in [0.05, 0.1) is 17.5 Å². The van der Waals surface area contributed by atoms with Crippen LogP contribution in [-0.2, 0) is 4.79 Å². The summed E-state index contributed by atoms with van der Waals surface area (Å²) in [7, 11) is 0. The number of aromatic nitrogens is 2. The predicted molar refractivity (Wildman–Crippen MR) is 87.4 cm³/mol. The maximum Gasteiger partial charge on any atom is 0.326 e. The number of benzene rings is 1. The molecule has 0 bridgehead atoms. The van der Waals surface area contributed by atoms with Crippen molar-refractivity contribution < 1.29 is 14.7 Å². The number of carboxylic acid groups (broad SMARTS) is 1. The van der Waals surface area contributed by atoms with E-state index in [4.69, 9.17) is 11.6 Å². The Morgan fingerprint density at radius 3 is 2.78 bits per heavy atom. The van der Waals surface area contributed by atoms with E-state index in [2.05, 4.69) is 15.5 Å². The van der Waals surface area contributed by atoms with Gasteiger partial charge in [-0.25, -0.2) is 4.79 Å². The van der Waals surface area contributed by atoms with Crippen molar-refractivity contribution in [2.75, 3.05) is 0 Å². The number of hydrogen-bond acceptors (Lipinski definition) is 3. The van der Waals surface area contributed by atoms with Crippen molar-refractivity contribution in [2.24, 2.45) is 0 Å². The summed E-state index contributed by atoms with van der Waals surface area (Å²) in [6.45, 7) is 1.96. The number of aliphatic carboxylic acids is 1. The van der Waals surface area contributed by atoms with Gasteiger partial charge in [0.15, 0.2) is 0 Å². The fraction of sp³-hybridized carbons (Fsp3) is 0.312. The van der Waals surface area contributed by atoms with Gasteiger partial charge in [-0.1, -0.05) is 49.6 Å². The molecule has 0 spiro atoms. The van der Waals surface area contributed by atoms with Gasteiger partial charge in [0.1, 0.15) is 6.04 Å². The largest absolute Gasteiger partial charge is 0.480 e. The van der Waals surface area contributed by atoms with Crippen LogP contribution in [0.4, 0.5) is 0 Å². The van der Waals surface area contributed by atoms with E-state index in [-0.39, 0.29) is 5.56 Å². The molecule has 6 nitrogen and oxygen atoms in total. The average Bonchev–Trinajstić information content (AvgIpc) is 3.00. The van der Waals surface area contributed by atoms with Crippen molar-refractivity contribution in [1.82, 2.24) is 15.5 Å². The highest BCUT2D eigenvalue weighted by atomic mass is 35.5. The number of rotatable bonds is 7. The number of nitrogens with zero attached hydrogens (tertiary/aromatic N) is 1. The van der Waals surface area contributed by atoms with Crippen molar-refractivity contribution in [3.63, 3.8) is 0 Å². The Balaban J connectivity index is 2.23. The molecule has 1 heterocycles. The van der Waals surface area contributed by atoms with Crippen molar-refractivity contribution in [1.29, 1.82) is 0 Å². The van der Waals surface area contributed by atoms with Crippen LogP contribution in [0, 0.1) is 0 Å². The molecule has 122 valence electrons. The average molecular weight is 336 g/mol. The molecule has 1 atom stereocenters. The smallest absolute Gasteiger partial charge is 0.326 e. The minimum Gasteiger partial charge on any atom is -0.480 e. The standard InChI is InChI=1S/C16H18ClN3O3/c1-2-3-8-13(16(22)23)19-15(21)11-9-18-20-14(11)10-6-4-5-7-12(10)17/h4-7,9,13H,2-3,8H2,1H3,(H,18,20)(H,19,21)(H,22,23)/t13-/m0/s1. The van der Waals surface area contributed by atoms with E-state index in [0.29, 0.717) is 22.7 Å². The van der Waals surface area contributed by atoms with Crippen LogP contribution in [0.1, 0.15) is 36.5 Å². The van der Waals surface area contributed by atoms with Crippen molar-refractivity contribution in [2.45, 2.75) is 32.2 Å². The lowest BCUT2D eigenvalue weighted by atomic mass is 10.1. The molecule has 0 radical (unpaired) electrons. The molecule has 0 unspecified atom stereocenters. The summed E-state index contributed by atoms with van der Waals surface area (Å²) in [5.74, 6) is -1.54. The quantitative estimate of drug-likeness (QED) is 0.724. The monoisotopic (exact) mass is 335 g/mol. The number of carbonyl (C=O) groups is 2. The zero-order chi connectivity index (χ0) is 16.8. The van der Waals surface area contributed by atoms with E-state index in [1.54, 1.807) is 24.3 Å². The van der Waals surface area contributed by atoms with E-state index in [1.165, 1.54) is 6.20 Å². The molecule has 0 aliphatic rings. The zero-order valence-electron chi connectivity index (χ0n) is 12.7. The summed E-state index contributed by atoms with van der Waals surface area (Å²) in [5.41, 5.74) is 1.37. The van der Waals surface area contributed by atoms with Crippen LogP contribution < -0.4 is 5.32 Å². The van der Waals surface area contributed by atoms with Gasteiger partial charge in [0, 0.05) is 10.6 Å². The van der Waals surface area contributed by atoms with E-state index in [1.807, 2.05) is 6.92 Å². The van der Waals surface area contributed by atoms with E-state index < -0.39 is 17.9 Å². The molecule has 2 rings (SSSR count). The van der Waals surface area contributed by atoms with Gasteiger partial charge in [-0.3, -0.25) is 9.89 Å². The van der Waals surface area contributed by atoms with Crippen LogP contribution in [0.3, 0.4) is 0 Å². The number of halogens is 1. The number of hydrogen-bond donors (Lipinski definition) is 3. The second kappa shape index (κ2) is 7.78. The Hall–Kier alpha value is -2.34. The van der Waals surface area contributed by atoms with E-state index in [0.717, 1.165) is 12.8 Å². The molecule has 0 saturated carbocycles. The van der Waals surface area contributed by atoms with Gasteiger partial charge in [0.25, 0.3) is 5.91 Å². The van der Waals surface area contributed by atoms with Crippen molar-refractivity contribution in [3.8, 4) is 11.3 Å². The van der Waals surface area contributed by atoms with Gasteiger partial charge < -0.3 is 10.4 Å². The summed E-state index contributed by atoms with van der Waals surface area (Å²) in [4.78, 5) is 23.7. The Morgan fingerprint density at radius 2 is 2.13 bits per heavy atom. The lowest BCUT2D eigenvalue weighted by molar-refractivity contribution is -0.139. The van der Waals surface area contributed by atoms with Crippen LogP contribution in [0.2, 0.25) is 5.02 Å². The maximum atomic E-state index is 12.4. The SMILES string of the molecule is CCCC[C@H](NC(=O)c1cn[nH]c1-c1ccccc1Cl)C(=O)O. The molecule has 23 heavy (non-hydrogen) atoms. The third-order valence-electron chi connectivity index (χ3n) is 3.48. The van der Waals surface area contributed by atoms with Gasteiger partial charge in [-0.05, 0) is 12.5 Å². The number of carboxylic acids is 1. The highest BCUT2D eigenvalue weighted by Crippen LogP contribution is 2.28. The van der Waals surface area contributed by atoms with Crippen molar-refractivity contribution >= 4 is 23.5 Å². The normalized spacial score (nSPS) is 11.9. The van der Waals surface area contributed by atoms with E-state index in [9.17, 15) is 14.7 Å². The van der Waals surface area contributed by atoms with Crippen LogP contribution >= 0.6 is 11.6 Å². The van der Waals surface area contributed by atoms with Crippen LogP contribution in [0.5, 0.6) is 0 Å².